The predicted octanol–water partition coefficient (Wildman–Crippen LogP) is 3.27. The van der Waals surface area contributed by atoms with E-state index in [4.69, 9.17) is 9.97 Å². The molecule has 1 fully saturated rings. The highest BCUT2D eigenvalue weighted by atomic mass is 16.2. The number of aromatic nitrogens is 4. The number of fused-ring (bicyclic) bond motifs is 1. The van der Waals surface area contributed by atoms with E-state index >= 15 is 0 Å². The summed E-state index contributed by atoms with van der Waals surface area (Å²) in [5.41, 5.74) is 1.76. The number of hydrogen-bond donors (Lipinski definition) is 2. The fraction of sp³-hybridized carbons (Fsp3) is 0.429. The zero-order valence-electron chi connectivity index (χ0n) is 16.4. The number of hydrogen-bond acceptors (Lipinski definition) is 5. The summed E-state index contributed by atoms with van der Waals surface area (Å²) >= 11 is 0. The molecule has 3 aromatic rings. The summed E-state index contributed by atoms with van der Waals surface area (Å²) in [5.74, 6) is 2.21. The minimum atomic E-state index is 0.159. The van der Waals surface area contributed by atoms with Crippen molar-refractivity contribution in [3.05, 3.63) is 42.4 Å². The molecule has 0 aliphatic heterocycles. The summed E-state index contributed by atoms with van der Waals surface area (Å²) in [6.07, 6.45) is 4.79. The van der Waals surface area contributed by atoms with Crippen LogP contribution < -0.4 is 10.6 Å². The Morgan fingerprint density at radius 3 is 2.71 bits per heavy atom. The lowest BCUT2D eigenvalue weighted by Gasteiger charge is -2.13. The number of carbonyl (C=O) groups excluding carboxylic acids is 1. The van der Waals surface area contributed by atoms with Crippen molar-refractivity contribution < 1.29 is 4.79 Å². The first kappa shape index (κ1) is 18.4. The monoisotopic (exact) mass is 378 g/mol. The molecular weight excluding hydrogens is 352 g/mol. The number of amides is 1. The van der Waals surface area contributed by atoms with E-state index in [1.165, 1.54) is 0 Å². The average molecular weight is 378 g/mol. The molecule has 2 heterocycles. The molecule has 0 saturated heterocycles. The van der Waals surface area contributed by atoms with E-state index in [0.29, 0.717) is 13.1 Å². The molecular formula is C21H26N6O. The van der Waals surface area contributed by atoms with Crippen molar-refractivity contribution in [2.24, 2.45) is 5.92 Å². The van der Waals surface area contributed by atoms with Gasteiger partial charge in [-0.05, 0) is 31.4 Å². The molecule has 0 unspecified atom stereocenters. The molecule has 0 radical (unpaired) electrons. The molecule has 1 saturated carbocycles. The van der Waals surface area contributed by atoms with Crippen molar-refractivity contribution in [3.8, 4) is 5.69 Å². The lowest BCUT2D eigenvalue weighted by Crippen LogP contribution is -2.30. The van der Waals surface area contributed by atoms with Gasteiger partial charge in [-0.25, -0.2) is 14.6 Å². The van der Waals surface area contributed by atoms with Gasteiger partial charge in [0.1, 0.15) is 11.6 Å². The lowest BCUT2D eigenvalue weighted by molar-refractivity contribution is -0.122. The first-order valence-corrected chi connectivity index (χ1v) is 10.00. The van der Waals surface area contributed by atoms with Gasteiger partial charge in [0, 0.05) is 24.9 Å². The Kier molecular flexibility index (Phi) is 5.23. The van der Waals surface area contributed by atoms with Crippen molar-refractivity contribution in [3.63, 3.8) is 0 Å². The van der Waals surface area contributed by atoms with Gasteiger partial charge in [0.25, 0.3) is 0 Å². The summed E-state index contributed by atoms with van der Waals surface area (Å²) < 4.78 is 1.85. The van der Waals surface area contributed by atoms with Crippen LogP contribution in [0.5, 0.6) is 0 Å². The van der Waals surface area contributed by atoms with E-state index in [-0.39, 0.29) is 17.7 Å². The van der Waals surface area contributed by atoms with Crippen LogP contribution in [0.4, 0.5) is 5.82 Å². The molecule has 0 spiro atoms. The normalized spacial score (nSPS) is 14.8. The Morgan fingerprint density at radius 2 is 2.00 bits per heavy atom. The maximum Gasteiger partial charge on any atom is 0.223 e. The molecule has 7 nitrogen and oxygen atoms in total. The highest BCUT2D eigenvalue weighted by Crippen LogP contribution is 2.28. The van der Waals surface area contributed by atoms with Crippen LogP contribution in [-0.4, -0.2) is 38.7 Å². The van der Waals surface area contributed by atoms with Crippen LogP contribution in [-0.2, 0) is 4.79 Å². The number of para-hydroxylation sites is 1. The molecule has 2 aromatic heterocycles. The third-order valence-electron chi connectivity index (χ3n) is 5.16. The summed E-state index contributed by atoms with van der Waals surface area (Å²) in [4.78, 5) is 21.4. The van der Waals surface area contributed by atoms with Crippen molar-refractivity contribution in [1.29, 1.82) is 0 Å². The Balaban J connectivity index is 1.60. The number of carbonyl (C=O) groups is 1. The zero-order valence-corrected chi connectivity index (χ0v) is 16.4. The van der Waals surface area contributed by atoms with Crippen LogP contribution in [0.15, 0.2) is 36.5 Å². The van der Waals surface area contributed by atoms with Crippen LogP contribution in [0.25, 0.3) is 16.7 Å². The fourth-order valence-corrected chi connectivity index (χ4v) is 3.08. The van der Waals surface area contributed by atoms with Crippen LogP contribution >= 0.6 is 0 Å². The molecule has 146 valence electrons. The largest absolute Gasteiger partial charge is 0.368 e. The number of benzene rings is 1. The molecule has 4 rings (SSSR count). The molecule has 0 bridgehead atoms. The summed E-state index contributed by atoms with van der Waals surface area (Å²) in [6, 6.07) is 9.98. The molecule has 2 N–H and O–H groups in total. The third-order valence-corrected chi connectivity index (χ3v) is 5.16. The van der Waals surface area contributed by atoms with E-state index in [9.17, 15) is 4.79 Å². The van der Waals surface area contributed by atoms with Gasteiger partial charge in [-0.15, -0.1) is 0 Å². The van der Waals surface area contributed by atoms with Gasteiger partial charge >= 0.3 is 0 Å². The minimum Gasteiger partial charge on any atom is -0.368 e. The summed E-state index contributed by atoms with van der Waals surface area (Å²) in [7, 11) is 0. The van der Waals surface area contributed by atoms with Crippen molar-refractivity contribution in [2.45, 2.75) is 39.0 Å². The summed E-state index contributed by atoms with van der Waals surface area (Å²) in [5, 5.41) is 11.8. The lowest BCUT2D eigenvalue weighted by atomic mass is 10.1. The third kappa shape index (κ3) is 3.83. The van der Waals surface area contributed by atoms with Crippen LogP contribution in [0.2, 0.25) is 0 Å². The van der Waals surface area contributed by atoms with Gasteiger partial charge in [-0.2, -0.15) is 5.10 Å². The molecule has 1 aromatic carbocycles. The van der Waals surface area contributed by atoms with E-state index in [1.807, 2.05) is 35.0 Å². The van der Waals surface area contributed by atoms with Gasteiger partial charge < -0.3 is 10.6 Å². The SMILES string of the molecule is CC[C@@H](C)c1nc(NCCNC(=O)C2CC2)c2cnn(-c3ccccc3)c2n1. The smallest absolute Gasteiger partial charge is 0.223 e. The molecule has 1 aliphatic carbocycles. The van der Waals surface area contributed by atoms with Gasteiger partial charge in [0.05, 0.1) is 17.3 Å². The summed E-state index contributed by atoms with van der Waals surface area (Å²) in [6.45, 7) is 5.45. The van der Waals surface area contributed by atoms with Gasteiger partial charge in [-0.3, -0.25) is 4.79 Å². The van der Waals surface area contributed by atoms with Gasteiger partial charge in [-0.1, -0.05) is 32.0 Å². The first-order valence-electron chi connectivity index (χ1n) is 10.00. The quantitative estimate of drug-likeness (QED) is 0.588. The van der Waals surface area contributed by atoms with Gasteiger partial charge in [0.2, 0.25) is 5.91 Å². The number of rotatable bonds is 8. The van der Waals surface area contributed by atoms with Gasteiger partial charge in [0.15, 0.2) is 5.65 Å². The van der Waals surface area contributed by atoms with E-state index in [2.05, 4.69) is 29.6 Å². The molecule has 1 atom stereocenters. The Hall–Kier alpha value is -2.96. The maximum atomic E-state index is 11.8. The van der Waals surface area contributed by atoms with E-state index < -0.39 is 0 Å². The van der Waals surface area contributed by atoms with E-state index in [1.54, 1.807) is 6.20 Å². The Bertz CT molecular complexity index is 964. The highest BCUT2D eigenvalue weighted by molar-refractivity contribution is 5.87. The second-order valence-corrected chi connectivity index (χ2v) is 7.36. The molecule has 1 aliphatic rings. The topological polar surface area (TPSA) is 84.7 Å². The second-order valence-electron chi connectivity index (χ2n) is 7.36. The molecule has 7 heteroatoms. The Morgan fingerprint density at radius 1 is 1.21 bits per heavy atom. The fourth-order valence-electron chi connectivity index (χ4n) is 3.08. The maximum absolute atomic E-state index is 11.8. The molecule has 1 amide bonds. The second kappa shape index (κ2) is 7.96. The van der Waals surface area contributed by atoms with Crippen molar-refractivity contribution >= 4 is 22.8 Å². The van der Waals surface area contributed by atoms with Crippen molar-refractivity contribution in [1.82, 2.24) is 25.1 Å². The van der Waals surface area contributed by atoms with Crippen LogP contribution in [0, 0.1) is 5.92 Å². The first-order chi connectivity index (χ1) is 13.7. The Labute approximate surface area is 164 Å². The zero-order chi connectivity index (χ0) is 19.5. The van der Waals surface area contributed by atoms with E-state index in [0.717, 1.165) is 47.6 Å². The standard InChI is InChI=1S/C21H26N6O/c1-3-14(2)18-25-19(22-11-12-23-21(28)15-9-10-15)17-13-24-27(20(17)26-18)16-7-5-4-6-8-16/h4-8,13-15H,3,9-12H2,1-2H3,(H,23,28)(H,22,25,26)/t14-/m1/s1. The predicted molar refractivity (Wildman–Crippen MR) is 110 cm³/mol. The average Bonchev–Trinajstić information content (AvgIpc) is 3.50. The molecule has 28 heavy (non-hydrogen) atoms. The minimum absolute atomic E-state index is 0.159. The van der Waals surface area contributed by atoms with Crippen molar-refractivity contribution in [2.75, 3.05) is 18.4 Å². The highest BCUT2D eigenvalue weighted by Gasteiger charge is 2.29. The van der Waals surface area contributed by atoms with Crippen LogP contribution in [0.1, 0.15) is 44.9 Å². The van der Waals surface area contributed by atoms with Crippen LogP contribution in [0.3, 0.4) is 0 Å². The number of anilines is 1. The number of nitrogens with zero attached hydrogens (tertiary/aromatic N) is 4. The number of nitrogens with one attached hydrogen (secondary N) is 2.